The first kappa shape index (κ1) is 15.8. The molecule has 0 aliphatic carbocycles. The summed E-state index contributed by atoms with van der Waals surface area (Å²) in [4.78, 5) is 11.7. The number of fused-ring (bicyclic) bond motifs is 1. The lowest BCUT2D eigenvalue weighted by molar-refractivity contribution is -0.143. The highest BCUT2D eigenvalue weighted by atomic mass is 16.5. The Morgan fingerprint density at radius 1 is 1.43 bits per heavy atom. The quantitative estimate of drug-likeness (QED) is 0.783. The first-order valence-electron chi connectivity index (χ1n) is 7.66. The van der Waals surface area contributed by atoms with Crippen LogP contribution in [0.1, 0.15) is 31.4 Å². The fourth-order valence-corrected chi connectivity index (χ4v) is 2.66. The normalized spacial score (nSPS) is 14.7. The van der Waals surface area contributed by atoms with Gasteiger partial charge in [0.2, 0.25) is 0 Å². The van der Waals surface area contributed by atoms with Crippen LogP contribution in [0.5, 0.6) is 5.75 Å². The molecule has 0 amide bonds. The molecule has 4 heteroatoms. The molecule has 1 heterocycles. The maximum atomic E-state index is 11.7. The molecular formula is C17H25NO3. The van der Waals surface area contributed by atoms with Gasteiger partial charge in [0.25, 0.3) is 0 Å². The van der Waals surface area contributed by atoms with Crippen LogP contribution < -0.4 is 10.1 Å². The molecular weight excluding hydrogens is 266 g/mol. The largest absolute Gasteiger partial charge is 0.493 e. The molecule has 1 aliphatic rings. The van der Waals surface area contributed by atoms with Gasteiger partial charge in [-0.2, -0.15) is 0 Å². The summed E-state index contributed by atoms with van der Waals surface area (Å²) in [5.41, 5.74) is 2.57. The van der Waals surface area contributed by atoms with Crippen molar-refractivity contribution in [3.05, 3.63) is 29.3 Å². The molecule has 1 aromatic carbocycles. The molecule has 1 aromatic rings. The van der Waals surface area contributed by atoms with Crippen molar-refractivity contribution >= 4 is 5.97 Å². The van der Waals surface area contributed by atoms with Crippen molar-refractivity contribution in [3.63, 3.8) is 0 Å². The van der Waals surface area contributed by atoms with Crippen LogP contribution in [0.15, 0.2) is 18.2 Å². The summed E-state index contributed by atoms with van der Waals surface area (Å²) in [6, 6.07) is 6.14. The van der Waals surface area contributed by atoms with Crippen LogP contribution in [0, 0.1) is 5.92 Å². The number of hydrogen-bond donors (Lipinski definition) is 1. The standard InChI is InChI=1S/C17H25NO3/c1-12(2)10-15(17(19)20-3)18-8-6-13-4-5-16-14(11-13)7-9-21-16/h4-5,11-12,15,18H,6-10H2,1-3H3. The summed E-state index contributed by atoms with van der Waals surface area (Å²) in [6.07, 6.45) is 2.69. The zero-order chi connectivity index (χ0) is 15.2. The Bertz CT molecular complexity index is 485. The van der Waals surface area contributed by atoms with E-state index in [1.807, 2.05) is 6.07 Å². The Hall–Kier alpha value is -1.55. The van der Waals surface area contributed by atoms with Crippen molar-refractivity contribution < 1.29 is 14.3 Å². The average Bonchev–Trinajstić information content (AvgIpc) is 2.92. The molecule has 0 bridgehead atoms. The zero-order valence-electron chi connectivity index (χ0n) is 13.1. The lowest BCUT2D eigenvalue weighted by Gasteiger charge is -2.18. The Morgan fingerprint density at radius 3 is 2.95 bits per heavy atom. The molecule has 0 aromatic heterocycles. The van der Waals surface area contributed by atoms with Crippen molar-refractivity contribution in [3.8, 4) is 5.75 Å². The fraction of sp³-hybridized carbons (Fsp3) is 0.588. The van der Waals surface area contributed by atoms with Crippen molar-refractivity contribution in [1.29, 1.82) is 0 Å². The highest BCUT2D eigenvalue weighted by molar-refractivity contribution is 5.75. The van der Waals surface area contributed by atoms with Crippen LogP contribution in [0.4, 0.5) is 0 Å². The molecule has 0 saturated heterocycles. The molecule has 1 atom stereocenters. The van der Waals surface area contributed by atoms with Crippen LogP contribution in [0.2, 0.25) is 0 Å². The Morgan fingerprint density at radius 2 is 2.24 bits per heavy atom. The van der Waals surface area contributed by atoms with Crippen LogP contribution >= 0.6 is 0 Å². The number of hydrogen-bond acceptors (Lipinski definition) is 4. The minimum absolute atomic E-state index is 0.175. The van der Waals surface area contributed by atoms with Gasteiger partial charge in [0.1, 0.15) is 11.8 Å². The second-order valence-corrected chi connectivity index (χ2v) is 5.95. The number of ether oxygens (including phenoxy) is 2. The molecule has 1 N–H and O–H groups in total. The van der Waals surface area contributed by atoms with Gasteiger partial charge in [0, 0.05) is 6.42 Å². The molecule has 4 nitrogen and oxygen atoms in total. The number of rotatable bonds is 7. The summed E-state index contributed by atoms with van der Waals surface area (Å²) in [6.45, 7) is 5.78. The van der Waals surface area contributed by atoms with Gasteiger partial charge in [0.15, 0.2) is 0 Å². The number of nitrogens with one attached hydrogen (secondary N) is 1. The molecule has 0 spiro atoms. The van der Waals surface area contributed by atoms with Gasteiger partial charge in [-0.3, -0.25) is 4.79 Å². The Balaban J connectivity index is 1.85. The van der Waals surface area contributed by atoms with Crippen molar-refractivity contribution in [1.82, 2.24) is 5.32 Å². The number of methoxy groups -OCH3 is 1. The van der Waals surface area contributed by atoms with Gasteiger partial charge < -0.3 is 14.8 Å². The predicted molar refractivity (Wildman–Crippen MR) is 82.6 cm³/mol. The summed E-state index contributed by atoms with van der Waals surface area (Å²) in [5, 5.41) is 3.31. The smallest absolute Gasteiger partial charge is 0.322 e. The molecule has 0 saturated carbocycles. The van der Waals surface area contributed by atoms with E-state index in [2.05, 4.69) is 31.3 Å². The number of esters is 1. The lowest BCUT2D eigenvalue weighted by Crippen LogP contribution is -2.39. The minimum atomic E-state index is -0.215. The lowest BCUT2D eigenvalue weighted by atomic mass is 10.0. The maximum absolute atomic E-state index is 11.7. The molecule has 0 radical (unpaired) electrons. The highest BCUT2D eigenvalue weighted by Crippen LogP contribution is 2.25. The SMILES string of the molecule is COC(=O)C(CC(C)C)NCCc1ccc2c(c1)CCO2. The van der Waals surface area contributed by atoms with E-state index in [1.54, 1.807) is 0 Å². The predicted octanol–water partition coefficient (Wildman–Crippen LogP) is 2.34. The van der Waals surface area contributed by atoms with Crippen molar-refractivity contribution in [2.24, 2.45) is 5.92 Å². The number of carbonyl (C=O) groups excluding carboxylic acids is 1. The fourth-order valence-electron chi connectivity index (χ4n) is 2.66. The van der Waals surface area contributed by atoms with Gasteiger partial charge in [-0.05, 0) is 42.5 Å². The van der Waals surface area contributed by atoms with E-state index in [4.69, 9.17) is 9.47 Å². The summed E-state index contributed by atoms with van der Waals surface area (Å²) >= 11 is 0. The van der Waals surface area contributed by atoms with Gasteiger partial charge in [0.05, 0.1) is 13.7 Å². The topological polar surface area (TPSA) is 47.6 Å². The van der Waals surface area contributed by atoms with E-state index in [9.17, 15) is 4.79 Å². The first-order chi connectivity index (χ1) is 10.1. The zero-order valence-corrected chi connectivity index (χ0v) is 13.1. The molecule has 116 valence electrons. The summed E-state index contributed by atoms with van der Waals surface area (Å²) < 4.78 is 10.4. The van der Waals surface area contributed by atoms with Crippen molar-refractivity contribution in [2.45, 2.75) is 39.2 Å². The van der Waals surface area contributed by atoms with Crippen LogP contribution in [-0.4, -0.2) is 32.3 Å². The Kier molecular flexibility index (Phi) is 5.62. The minimum Gasteiger partial charge on any atom is -0.493 e. The van der Waals surface area contributed by atoms with Gasteiger partial charge in [-0.25, -0.2) is 0 Å². The Labute approximate surface area is 126 Å². The molecule has 0 fully saturated rings. The molecule has 21 heavy (non-hydrogen) atoms. The monoisotopic (exact) mass is 291 g/mol. The number of carbonyl (C=O) groups is 1. The van der Waals surface area contributed by atoms with Gasteiger partial charge in [-0.1, -0.05) is 26.0 Å². The van der Waals surface area contributed by atoms with E-state index in [-0.39, 0.29) is 12.0 Å². The first-order valence-corrected chi connectivity index (χ1v) is 7.66. The second kappa shape index (κ2) is 7.46. The second-order valence-electron chi connectivity index (χ2n) is 5.95. The van der Waals surface area contributed by atoms with Crippen molar-refractivity contribution in [2.75, 3.05) is 20.3 Å². The van der Waals surface area contributed by atoms with E-state index < -0.39 is 0 Å². The van der Waals surface area contributed by atoms with E-state index in [1.165, 1.54) is 18.2 Å². The maximum Gasteiger partial charge on any atom is 0.322 e. The molecule has 1 unspecified atom stereocenters. The van der Waals surface area contributed by atoms with E-state index >= 15 is 0 Å². The third-order valence-corrected chi connectivity index (χ3v) is 3.75. The third kappa shape index (κ3) is 4.46. The number of benzene rings is 1. The van der Waals surface area contributed by atoms with E-state index in [0.29, 0.717) is 5.92 Å². The molecule has 2 rings (SSSR count). The third-order valence-electron chi connectivity index (χ3n) is 3.75. The molecule has 1 aliphatic heterocycles. The summed E-state index contributed by atoms with van der Waals surface area (Å²) in [7, 11) is 1.44. The van der Waals surface area contributed by atoms with Gasteiger partial charge >= 0.3 is 5.97 Å². The highest BCUT2D eigenvalue weighted by Gasteiger charge is 2.19. The van der Waals surface area contributed by atoms with Crippen LogP contribution in [0.3, 0.4) is 0 Å². The van der Waals surface area contributed by atoms with E-state index in [0.717, 1.165) is 38.2 Å². The summed E-state index contributed by atoms with van der Waals surface area (Å²) in [5.74, 6) is 1.30. The average molecular weight is 291 g/mol. The van der Waals surface area contributed by atoms with Crippen LogP contribution in [-0.2, 0) is 22.4 Å². The van der Waals surface area contributed by atoms with Gasteiger partial charge in [-0.15, -0.1) is 0 Å². The van der Waals surface area contributed by atoms with Crippen LogP contribution in [0.25, 0.3) is 0 Å².